The van der Waals surface area contributed by atoms with Crippen LogP contribution < -0.4 is 15.5 Å². The van der Waals surface area contributed by atoms with E-state index in [-0.39, 0.29) is 23.7 Å². The first-order valence-electron chi connectivity index (χ1n) is 8.95. The normalized spacial score (nSPS) is 13.8. The number of ether oxygens (including phenoxy) is 2. The van der Waals surface area contributed by atoms with Gasteiger partial charge in [0.05, 0.1) is 13.2 Å². The summed E-state index contributed by atoms with van der Waals surface area (Å²) in [6, 6.07) is 9.82. The number of amides is 1. The van der Waals surface area contributed by atoms with E-state index < -0.39 is 0 Å². The second-order valence-electron chi connectivity index (χ2n) is 6.44. The summed E-state index contributed by atoms with van der Waals surface area (Å²) in [4.78, 5) is 26.0. The van der Waals surface area contributed by atoms with Gasteiger partial charge in [-0.1, -0.05) is 24.3 Å². The lowest BCUT2D eigenvalue weighted by molar-refractivity contribution is -0.123. The molecule has 1 aliphatic heterocycles. The highest BCUT2D eigenvalue weighted by Crippen LogP contribution is 2.20. The van der Waals surface area contributed by atoms with Gasteiger partial charge in [0.1, 0.15) is 12.0 Å². The summed E-state index contributed by atoms with van der Waals surface area (Å²) in [5.41, 5.74) is 2.40. The average Bonchev–Trinajstić information content (AvgIpc) is 2.67. The van der Waals surface area contributed by atoms with Crippen molar-refractivity contribution in [1.29, 1.82) is 0 Å². The molecule has 0 saturated carbocycles. The molecule has 0 bridgehead atoms. The van der Waals surface area contributed by atoms with Gasteiger partial charge in [0.25, 0.3) is 5.91 Å². The molecule has 7 nitrogen and oxygen atoms in total. The summed E-state index contributed by atoms with van der Waals surface area (Å²) >= 11 is 0. The largest absolute Gasteiger partial charge is 0.477 e. The molecule has 2 aromatic rings. The van der Waals surface area contributed by atoms with Crippen molar-refractivity contribution < 1.29 is 18.7 Å². The van der Waals surface area contributed by atoms with Crippen LogP contribution in [0.1, 0.15) is 16.9 Å². The first-order valence-corrected chi connectivity index (χ1v) is 8.95. The lowest BCUT2D eigenvalue weighted by atomic mass is 10.00. The van der Waals surface area contributed by atoms with E-state index in [1.165, 1.54) is 23.5 Å². The Morgan fingerprint density at radius 1 is 1.30 bits per heavy atom. The number of nitrogens with zero attached hydrogens (tertiary/aromatic N) is 1. The van der Waals surface area contributed by atoms with E-state index in [0.717, 1.165) is 19.5 Å². The Bertz CT molecular complexity index is 833. The number of carbonyl (C=O) groups is 1. The number of hydrogen-bond acceptors (Lipinski definition) is 6. The zero-order valence-corrected chi connectivity index (χ0v) is 15.4. The number of rotatable bonds is 8. The molecule has 0 atom stereocenters. The second-order valence-corrected chi connectivity index (χ2v) is 6.44. The van der Waals surface area contributed by atoms with Gasteiger partial charge in [-0.05, 0) is 17.5 Å². The monoisotopic (exact) mass is 372 g/mol. The quantitative estimate of drug-likeness (QED) is 0.705. The minimum atomic E-state index is -0.317. The van der Waals surface area contributed by atoms with Crippen molar-refractivity contribution in [1.82, 2.24) is 10.2 Å². The molecule has 0 saturated heterocycles. The van der Waals surface area contributed by atoms with Crippen molar-refractivity contribution in [2.75, 3.05) is 33.4 Å². The number of benzene rings is 1. The average molecular weight is 372 g/mol. The maximum atomic E-state index is 12.2. The Morgan fingerprint density at radius 2 is 2.11 bits per heavy atom. The van der Waals surface area contributed by atoms with E-state index in [0.29, 0.717) is 25.5 Å². The Kier molecular flexibility index (Phi) is 6.62. The van der Waals surface area contributed by atoms with E-state index in [1.54, 1.807) is 7.11 Å². The Balaban J connectivity index is 1.53. The minimum absolute atomic E-state index is 0.0321. The minimum Gasteiger partial charge on any atom is -0.477 e. The smallest absolute Gasteiger partial charge is 0.258 e. The van der Waals surface area contributed by atoms with Crippen LogP contribution in [-0.4, -0.2) is 44.2 Å². The fourth-order valence-corrected chi connectivity index (χ4v) is 3.02. The molecule has 0 unspecified atom stereocenters. The molecule has 7 heteroatoms. The summed E-state index contributed by atoms with van der Waals surface area (Å²) in [5.74, 6) is 0.295. The number of fused-ring (bicyclic) bond motifs is 1. The lowest BCUT2D eigenvalue weighted by Gasteiger charge is -2.28. The molecule has 0 fully saturated rings. The van der Waals surface area contributed by atoms with E-state index in [1.807, 2.05) is 6.07 Å². The van der Waals surface area contributed by atoms with Crippen molar-refractivity contribution >= 4 is 5.91 Å². The van der Waals surface area contributed by atoms with Gasteiger partial charge in [-0.3, -0.25) is 14.5 Å². The Labute approximate surface area is 157 Å². The molecule has 1 aliphatic rings. The highest BCUT2D eigenvalue weighted by molar-refractivity contribution is 5.77. The second kappa shape index (κ2) is 9.34. The van der Waals surface area contributed by atoms with Crippen LogP contribution in [-0.2, 0) is 29.0 Å². The van der Waals surface area contributed by atoms with Crippen molar-refractivity contribution in [2.45, 2.75) is 19.5 Å². The summed E-state index contributed by atoms with van der Waals surface area (Å²) in [6.07, 6.45) is 2.26. The molecule has 0 aliphatic carbocycles. The summed E-state index contributed by atoms with van der Waals surface area (Å²) < 4.78 is 15.6. The van der Waals surface area contributed by atoms with Crippen LogP contribution >= 0.6 is 0 Å². The Hall–Kier alpha value is -2.64. The van der Waals surface area contributed by atoms with Crippen LogP contribution in [0.3, 0.4) is 0 Å². The lowest BCUT2D eigenvalue weighted by Crippen LogP contribution is -2.32. The fourth-order valence-electron chi connectivity index (χ4n) is 3.02. The van der Waals surface area contributed by atoms with E-state index >= 15 is 0 Å². The van der Waals surface area contributed by atoms with Crippen LogP contribution in [0.15, 0.2) is 45.8 Å². The first kappa shape index (κ1) is 19.1. The molecule has 0 spiro atoms. The maximum absolute atomic E-state index is 12.2. The molecule has 1 amide bonds. The maximum Gasteiger partial charge on any atom is 0.258 e. The van der Waals surface area contributed by atoms with Crippen molar-refractivity contribution in [3.05, 3.63) is 63.7 Å². The van der Waals surface area contributed by atoms with Gasteiger partial charge >= 0.3 is 0 Å². The molecular formula is C20H24N2O5. The van der Waals surface area contributed by atoms with Crippen LogP contribution in [0.5, 0.6) is 5.75 Å². The molecule has 1 aromatic heterocycles. The third-order valence-electron chi connectivity index (χ3n) is 4.43. The molecule has 2 heterocycles. The highest BCUT2D eigenvalue weighted by atomic mass is 16.5. The van der Waals surface area contributed by atoms with Crippen LogP contribution in [0.25, 0.3) is 0 Å². The summed E-state index contributed by atoms with van der Waals surface area (Å²) in [6.45, 7) is 2.88. The molecule has 144 valence electrons. The van der Waals surface area contributed by atoms with E-state index in [9.17, 15) is 9.59 Å². The number of hydrogen-bond donors (Lipinski definition) is 1. The van der Waals surface area contributed by atoms with Crippen molar-refractivity contribution in [3.8, 4) is 5.75 Å². The van der Waals surface area contributed by atoms with Gasteiger partial charge in [-0.25, -0.2) is 0 Å². The van der Waals surface area contributed by atoms with Crippen LogP contribution in [0.4, 0.5) is 0 Å². The molecule has 3 rings (SSSR count). The van der Waals surface area contributed by atoms with Crippen LogP contribution in [0, 0.1) is 0 Å². The summed E-state index contributed by atoms with van der Waals surface area (Å²) in [5, 5.41) is 2.62. The first-order chi connectivity index (χ1) is 13.2. The van der Waals surface area contributed by atoms with Crippen molar-refractivity contribution in [2.24, 2.45) is 0 Å². The molecule has 1 aromatic carbocycles. The van der Waals surface area contributed by atoms with Gasteiger partial charge in [0.15, 0.2) is 6.61 Å². The van der Waals surface area contributed by atoms with Crippen molar-refractivity contribution in [3.63, 3.8) is 0 Å². The Morgan fingerprint density at radius 3 is 2.89 bits per heavy atom. The van der Waals surface area contributed by atoms with Gasteiger partial charge in [-0.15, -0.1) is 0 Å². The van der Waals surface area contributed by atoms with Gasteiger partial charge in [-0.2, -0.15) is 0 Å². The summed E-state index contributed by atoms with van der Waals surface area (Å²) in [7, 11) is 1.55. The van der Waals surface area contributed by atoms with E-state index in [2.05, 4.69) is 28.4 Å². The number of methoxy groups -OCH3 is 1. The molecule has 27 heavy (non-hydrogen) atoms. The van der Waals surface area contributed by atoms with Crippen LogP contribution in [0.2, 0.25) is 0 Å². The fraction of sp³-hybridized carbons (Fsp3) is 0.400. The topological polar surface area (TPSA) is 81.0 Å². The molecular weight excluding hydrogens is 348 g/mol. The predicted molar refractivity (Wildman–Crippen MR) is 99.6 cm³/mol. The van der Waals surface area contributed by atoms with Gasteiger partial charge in [0, 0.05) is 32.8 Å². The van der Waals surface area contributed by atoms with Gasteiger partial charge < -0.3 is 19.2 Å². The standard InChI is InChI=1S/C20H24N2O5/c1-25-9-7-21-20(24)14-27-19-13-26-17(10-18(19)23)12-22-8-6-15-4-2-3-5-16(15)11-22/h2-5,10,13H,6-9,11-12,14H2,1H3,(H,21,24). The zero-order valence-electron chi connectivity index (χ0n) is 15.4. The molecule has 1 N–H and O–H groups in total. The van der Waals surface area contributed by atoms with Gasteiger partial charge in [0.2, 0.25) is 11.2 Å². The molecule has 0 radical (unpaired) electrons. The number of nitrogens with one attached hydrogen (secondary N) is 1. The number of carbonyl (C=O) groups excluding carboxylic acids is 1. The predicted octanol–water partition coefficient (Wildman–Crippen LogP) is 1.34. The highest BCUT2D eigenvalue weighted by Gasteiger charge is 2.17. The third-order valence-corrected chi connectivity index (χ3v) is 4.43. The SMILES string of the molecule is COCCNC(=O)COc1coc(CN2CCc3ccccc3C2)cc1=O. The zero-order chi connectivity index (χ0) is 19.1. The van der Waals surface area contributed by atoms with E-state index in [4.69, 9.17) is 13.9 Å². The third kappa shape index (κ3) is 5.42.